The smallest absolute Gasteiger partial charge is 0.237 e. The molecule has 1 amide bonds. The molecule has 0 bridgehead atoms. The molecule has 0 saturated carbocycles. The van der Waals surface area contributed by atoms with Gasteiger partial charge in [-0.2, -0.15) is 0 Å². The molecule has 0 atom stereocenters. The molecular weight excluding hydrogens is 336 g/mol. The van der Waals surface area contributed by atoms with Crippen molar-refractivity contribution in [1.82, 2.24) is 4.98 Å². The number of nitrogens with zero attached hydrogens (tertiary/aromatic N) is 2. The van der Waals surface area contributed by atoms with Gasteiger partial charge in [0.15, 0.2) is 0 Å². The van der Waals surface area contributed by atoms with Crippen LogP contribution in [0.1, 0.15) is 5.56 Å². The minimum Gasteiger partial charge on any atom is -0.311 e. The van der Waals surface area contributed by atoms with Crippen LogP contribution in [-0.4, -0.2) is 23.2 Å². The van der Waals surface area contributed by atoms with Gasteiger partial charge in [0.1, 0.15) is 0 Å². The van der Waals surface area contributed by atoms with E-state index in [1.165, 1.54) is 17.3 Å². The Hall–Kier alpha value is -1.33. The Kier molecular flexibility index (Phi) is 4.08. The molecular formula is C15H13BrN2OS. The summed E-state index contributed by atoms with van der Waals surface area (Å²) in [6, 6.07) is 11.8. The third-order valence-electron chi connectivity index (χ3n) is 3.22. The van der Waals surface area contributed by atoms with Gasteiger partial charge in [0.05, 0.1) is 10.8 Å². The van der Waals surface area contributed by atoms with Gasteiger partial charge in [0.2, 0.25) is 5.91 Å². The molecule has 2 aromatic rings. The van der Waals surface area contributed by atoms with Crippen LogP contribution in [0.25, 0.3) is 0 Å². The summed E-state index contributed by atoms with van der Waals surface area (Å²) in [5, 5.41) is 0.885. The molecule has 1 aromatic carbocycles. The number of aromatic nitrogens is 1. The number of anilines is 1. The predicted molar refractivity (Wildman–Crippen MR) is 85.2 cm³/mol. The van der Waals surface area contributed by atoms with E-state index in [4.69, 9.17) is 0 Å². The Balaban J connectivity index is 1.68. The maximum atomic E-state index is 12.3. The fraction of sp³-hybridized carbons (Fsp3) is 0.200. The van der Waals surface area contributed by atoms with Crippen LogP contribution in [0.3, 0.4) is 0 Å². The van der Waals surface area contributed by atoms with E-state index in [0.717, 1.165) is 28.2 Å². The van der Waals surface area contributed by atoms with Gasteiger partial charge < -0.3 is 4.90 Å². The molecule has 0 radical (unpaired) electrons. The quantitative estimate of drug-likeness (QED) is 0.795. The number of amides is 1. The lowest BCUT2D eigenvalue weighted by Gasteiger charge is -2.17. The zero-order chi connectivity index (χ0) is 13.9. The first-order chi connectivity index (χ1) is 9.74. The van der Waals surface area contributed by atoms with Gasteiger partial charge in [-0.15, -0.1) is 0 Å². The van der Waals surface area contributed by atoms with E-state index >= 15 is 0 Å². The van der Waals surface area contributed by atoms with Crippen LogP contribution in [0.15, 0.2) is 52.1 Å². The summed E-state index contributed by atoms with van der Waals surface area (Å²) in [5.41, 5.74) is 2.27. The number of thioether (sulfide) groups is 1. The first kappa shape index (κ1) is 13.6. The van der Waals surface area contributed by atoms with Crippen molar-refractivity contribution in [3.05, 3.63) is 52.6 Å². The van der Waals surface area contributed by atoms with Crippen molar-refractivity contribution in [3.63, 3.8) is 0 Å². The van der Waals surface area contributed by atoms with Gasteiger partial charge in [-0.1, -0.05) is 33.8 Å². The van der Waals surface area contributed by atoms with Gasteiger partial charge in [0.25, 0.3) is 0 Å². The lowest BCUT2D eigenvalue weighted by molar-refractivity contribution is -0.116. The van der Waals surface area contributed by atoms with E-state index in [0.29, 0.717) is 5.75 Å². The number of benzene rings is 1. The largest absolute Gasteiger partial charge is 0.311 e. The van der Waals surface area contributed by atoms with Crippen LogP contribution < -0.4 is 4.90 Å². The van der Waals surface area contributed by atoms with Crippen molar-refractivity contribution in [1.29, 1.82) is 0 Å². The van der Waals surface area contributed by atoms with Gasteiger partial charge in [0, 0.05) is 22.9 Å². The first-order valence-electron chi connectivity index (χ1n) is 6.36. The van der Waals surface area contributed by atoms with Crippen molar-refractivity contribution < 1.29 is 4.79 Å². The molecule has 0 saturated heterocycles. The summed E-state index contributed by atoms with van der Waals surface area (Å²) in [4.78, 5) is 18.4. The highest BCUT2D eigenvalue weighted by atomic mass is 79.9. The highest BCUT2D eigenvalue weighted by Crippen LogP contribution is 2.31. The van der Waals surface area contributed by atoms with Gasteiger partial charge >= 0.3 is 0 Å². The molecule has 20 heavy (non-hydrogen) atoms. The highest BCUT2D eigenvalue weighted by Gasteiger charge is 2.24. The molecule has 1 aromatic heterocycles. The summed E-state index contributed by atoms with van der Waals surface area (Å²) in [5.74, 6) is 0.564. The lowest BCUT2D eigenvalue weighted by atomic mass is 10.2. The maximum Gasteiger partial charge on any atom is 0.237 e. The molecule has 0 fully saturated rings. The normalized spacial score (nSPS) is 13.3. The summed E-state index contributed by atoms with van der Waals surface area (Å²) in [6.07, 6.45) is 2.67. The average Bonchev–Trinajstić information content (AvgIpc) is 2.89. The van der Waals surface area contributed by atoms with Crippen LogP contribution >= 0.6 is 27.7 Å². The number of hydrogen-bond acceptors (Lipinski definition) is 3. The SMILES string of the molecule is O=C(CSc1ccccn1)N1CCc2cc(Br)ccc21. The van der Waals surface area contributed by atoms with E-state index in [1.807, 2.05) is 35.2 Å². The molecule has 2 heterocycles. The Labute approximate surface area is 130 Å². The molecule has 3 nitrogen and oxygen atoms in total. The van der Waals surface area contributed by atoms with E-state index in [2.05, 4.69) is 27.0 Å². The molecule has 1 aliphatic heterocycles. The number of carbonyl (C=O) groups is 1. The third-order valence-corrected chi connectivity index (χ3v) is 4.64. The van der Waals surface area contributed by atoms with E-state index in [-0.39, 0.29) is 5.91 Å². The highest BCUT2D eigenvalue weighted by molar-refractivity contribution is 9.10. The number of halogens is 1. The summed E-state index contributed by atoms with van der Waals surface area (Å²) in [6.45, 7) is 0.771. The Morgan fingerprint density at radius 3 is 3.05 bits per heavy atom. The van der Waals surface area contributed by atoms with Crippen molar-refractivity contribution in [2.75, 3.05) is 17.2 Å². The van der Waals surface area contributed by atoms with E-state index < -0.39 is 0 Å². The van der Waals surface area contributed by atoms with E-state index in [1.54, 1.807) is 6.20 Å². The predicted octanol–water partition coefficient (Wildman–Crippen LogP) is 3.53. The third kappa shape index (κ3) is 2.88. The molecule has 5 heteroatoms. The van der Waals surface area contributed by atoms with E-state index in [9.17, 15) is 4.79 Å². The standard InChI is InChI=1S/C15H13BrN2OS/c16-12-4-5-13-11(9-12)6-8-18(13)15(19)10-20-14-3-1-2-7-17-14/h1-5,7,9H,6,8,10H2. The second-order valence-corrected chi connectivity index (χ2v) is 6.44. The van der Waals surface area contributed by atoms with Crippen LogP contribution in [0.5, 0.6) is 0 Å². The molecule has 0 aliphatic carbocycles. The van der Waals surface area contributed by atoms with Crippen molar-refractivity contribution in [2.24, 2.45) is 0 Å². The summed E-state index contributed by atoms with van der Waals surface area (Å²) >= 11 is 4.95. The summed E-state index contributed by atoms with van der Waals surface area (Å²) < 4.78 is 1.06. The average molecular weight is 349 g/mol. The second kappa shape index (κ2) is 5.97. The maximum absolute atomic E-state index is 12.3. The fourth-order valence-corrected chi connectivity index (χ4v) is 3.42. The topological polar surface area (TPSA) is 33.2 Å². The minimum absolute atomic E-state index is 0.140. The zero-order valence-corrected chi connectivity index (χ0v) is 13.2. The molecule has 3 rings (SSSR count). The Morgan fingerprint density at radius 2 is 2.25 bits per heavy atom. The number of carbonyl (C=O) groups excluding carboxylic acids is 1. The molecule has 1 aliphatic rings. The van der Waals surface area contributed by atoms with Gasteiger partial charge in [-0.05, 0) is 42.3 Å². The van der Waals surface area contributed by atoms with Crippen molar-refractivity contribution >= 4 is 39.3 Å². The fourth-order valence-electron chi connectivity index (χ4n) is 2.28. The second-order valence-electron chi connectivity index (χ2n) is 4.53. The number of pyridine rings is 1. The number of hydrogen-bond donors (Lipinski definition) is 0. The minimum atomic E-state index is 0.140. The number of rotatable bonds is 3. The first-order valence-corrected chi connectivity index (χ1v) is 8.14. The molecule has 0 unspecified atom stereocenters. The Bertz CT molecular complexity index is 633. The van der Waals surface area contributed by atoms with Crippen molar-refractivity contribution in [3.8, 4) is 0 Å². The molecule has 0 spiro atoms. The molecule has 0 N–H and O–H groups in total. The number of fused-ring (bicyclic) bond motifs is 1. The monoisotopic (exact) mass is 348 g/mol. The lowest BCUT2D eigenvalue weighted by Crippen LogP contribution is -2.30. The van der Waals surface area contributed by atoms with Crippen LogP contribution in [-0.2, 0) is 11.2 Å². The summed E-state index contributed by atoms with van der Waals surface area (Å²) in [7, 11) is 0. The molecule has 102 valence electrons. The van der Waals surface area contributed by atoms with Gasteiger partial charge in [-0.25, -0.2) is 4.98 Å². The van der Waals surface area contributed by atoms with Gasteiger partial charge in [-0.3, -0.25) is 4.79 Å². The van der Waals surface area contributed by atoms with Crippen LogP contribution in [0, 0.1) is 0 Å². The zero-order valence-electron chi connectivity index (χ0n) is 10.8. The van der Waals surface area contributed by atoms with Crippen molar-refractivity contribution in [2.45, 2.75) is 11.4 Å². The van der Waals surface area contributed by atoms with Crippen LogP contribution in [0.4, 0.5) is 5.69 Å². The van der Waals surface area contributed by atoms with Crippen LogP contribution in [0.2, 0.25) is 0 Å². The Morgan fingerprint density at radius 1 is 1.35 bits per heavy atom.